The van der Waals surface area contributed by atoms with Crippen molar-refractivity contribution in [2.24, 2.45) is 11.8 Å². The summed E-state index contributed by atoms with van der Waals surface area (Å²) in [5.74, 6) is 0.632. The number of amides is 1. The van der Waals surface area contributed by atoms with Gasteiger partial charge in [-0.05, 0) is 124 Å². The van der Waals surface area contributed by atoms with Gasteiger partial charge in [-0.2, -0.15) is 17.5 Å². The lowest BCUT2D eigenvalue weighted by Crippen LogP contribution is -2.44. The molecule has 0 N–H and O–H groups in total. The number of hydrogen-bond donors (Lipinski definition) is 0. The Morgan fingerprint density at radius 3 is 1.85 bits per heavy atom. The number of carbonyl (C=O) groups is 1. The molecule has 2 fully saturated rings. The second kappa shape index (κ2) is 11.7. The number of likely N-dealkylation sites (tertiary alicyclic amines) is 1. The molecule has 0 bridgehead atoms. The third-order valence-electron chi connectivity index (χ3n) is 9.18. The molecule has 2 aliphatic rings. The normalized spacial score (nSPS) is 18.6. The maximum absolute atomic E-state index is 13.7. The number of alkyl halides is 3. The van der Waals surface area contributed by atoms with Crippen molar-refractivity contribution >= 4 is 22.0 Å². The van der Waals surface area contributed by atoms with E-state index in [1.165, 1.54) is 18.2 Å². The molecule has 2 aromatic rings. The highest BCUT2D eigenvalue weighted by Gasteiger charge is 2.36. The van der Waals surface area contributed by atoms with Gasteiger partial charge in [-0.15, -0.1) is 0 Å². The van der Waals surface area contributed by atoms with E-state index in [0.29, 0.717) is 48.5 Å². The predicted octanol–water partition coefficient (Wildman–Crippen LogP) is 6.60. The molecule has 0 aromatic heterocycles. The Labute approximate surface area is 236 Å². The quantitative estimate of drug-likeness (QED) is 0.377. The molecule has 2 heterocycles. The van der Waals surface area contributed by atoms with Crippen LogP contribution in [-0.4, -0.2) is 49.7 Å². The number of piperidine rings is 2. The third kappa shape index (κ3) is 6.15. The number of carbonyl (C=O) groups excluding carboxylic acids is 1. The van der Waals surface area contributed by atoms with Crippen LogP contribution >= 0.6 is 0 Å². The van der Waals surface area contributed by atoms with E-state index in [9.17, 15) is 26.4 Å². The summed E-state index contributed by atoms with van der Waals surface area (Å²) in [7, 11) is -3.59. The number of rotatable bonds is 5. The molecule has 218 valence electrons. The number of halogens is 3. The van der Waals surface area contributed by atoms with E-state index in [1.54, 1.807) is 15.3 Å². The SMILES string of the molecule is Cc1c(C)c(C)c(S(=O)(=O)N2CCC(C3CCN(C(=O)C=Cc4cccc(C(F)(F)F)c4)CC3)CC2)c(C)c1C. The molecule has 2 aromatic carbocycles. The maximum atomic E-state index is 13.7. The summed E-state index contributed by atoms with van der Waals surface area (Å²) in [4.78, 5) is 14.9. The molecule has 0 radical (unpaired) electrons. The van der Waals surface area contributed by atoms with E-state index in [4.69, 9.17) is 0 Å². The molecule has 0 spiro atoms. The van der Waals surface area contributed by atoms with Crippen molar-refractivity contribution in [2.75, 3.05) is 26.2 Å². The first-order valence-corrected chi connectivity index (χ1v) is 15.4. The Kier molecular flexibility index (Phi) is 8.85. The van der Waals surface area contributed by atoms with Gasteiger partial charge in [-0.1, -0.05) is 12.1 Å². The summed E-state index contributed by atoms with van der Waals surface area (Å²) >= 11 is 0. The summed E-state index contributed by atoms with van der Waals surface area (Å²) < 4.78 is 67.9. The molecule has 40 heavy (non-hydrogen) atoms. The molecule has 0 aliphatic carbocycles. The standard InChI is InChI=1S/C31H39F3N2O3S/c1-20-21(2)23(4)30(24(5)22(20)3)40(38,39)36-17-13-27(14-18-36)26-11-15-35(16-12-26)29(37)10-9-25-7-6-8-28(19-25)31(32,33)34/h6-10,19,26-27H,11-18H2,1-5H3. The highest BCUT2D eigenvalue weighted by molar-refractivity contribution is 7.89. The number of benzene rings is 2. The van der Waals surface area contributed by atoms with Crippen molar-refractivity contribution in [1.82, 2.24) is 9.21 Å². The van der Waals surface area contributed by atoms with Crippen LogP contribution in [0.25, 0.3) is 6.08 Å². The molecule has 2 aliphatic heterocycles. The molecule has 4 rings (SSSR count). The monoisotopic (exact) mass is 576 g/mol. The molecule has 5 nitrogen and oxygen atoms in total. The van der Waals surface area contributed by atoms with E-state index >= 15 is 0 Å². The van der Waals surface area contributed by atoms with Crippen molar-refractivity contribution in [3.8, 4) is 0 Å². The van der Waals surface area contributed by atoms with Gasteiger partial charge in [0.2, 0.25) is 15.9 Å². The van der Waals surface area contributed by atoms with Crippen LogP contribution in [0.3, 0.4) is 0 Å². The maximum Gasteiger partial charge on any atom is 0.416 e. The minimum atomic E-state index is -4.42. The zero-order chi connectivity index (χ0) is 29.4. The largest absolute Gasteiger partial charge is 0.416 e. The first kappa shape index (κ1) is 30.3. The summed E-state index contributed by atoms with van der Waals surface area (Å²) in [6, 6.07) is 4.92. The Morgan fingerprint density at radius 2 is 1.32 bits per heavy atom. The van der Waals surface area contributed by atoms with Crippen LogP contribution in [0.15, 0.2) is 35.2 Å². The van der Waals surface area contributed by atoms with E-state index in [-0.39, 0.29) is 5.91 Å². The fourth-order valence-electron chi connectivity index (χ4n) is 6.25. The van der Waals surface area contributed by atoms with Gasteiger partial charge in [0.15, 0.2) is 0 Å². The second-order valence-corrected chi connectivity index (χ2v) is 13.2. The van der Waals surface area contributed by atoms with Gasteiger partial charge in [0, 0.05) is 32.3 Å². The van der Waals surface area contributed by atoms with E-state index in [1.807, 2.05) is 34.6 Å². The van der Waals surface area contributed by atoms with Crippen LogP contribution in [0.4, 0.5) is 13.2 Å². The van der Waals surface area contributed by atoms with Gasteiger partial charge >= 0.3 is 6.18 Å². The van der Waals surface area contributed by atoms with Crippen LogP contribution in [0, 0.1) is 46.5 Å². The van der Waals surface area contributed by atoms with Crippen LogP contribution in [0.2, 0.25) is 0 Å². The highest BCUT2D eigenvalue weighted by atomic mass is 32.2. The zero-order valence-corrected chi connectivity index (χ0v) is 24.8. The smallest absolute Gasteiger partial charge is 0.339 e. The van der Waals surface area contributed by atoms with Crippen molar-refractivity contribution in [1.29, 1.82) is 0 Å². The lowest BCUT2D eigenvalue weighted by molar-refractivity contribution is -0.137. The van der Waals surface area contributed by atoms with Gasteiger partial charge in [0.05, 0.1) is 10.5 Å². The Hall–Kier alpha value is -2.65. The average molecular weight is 577 g/mol. The molecule has 0 atom stereocenters. The van der Waals surface area contributed by atoms with Crippen LogP contribution < -0.4 is 0 Å². The van der Waals surface area contributed by atoms with E-state index in [2.05, 4.69) is 0 Å². The van der Waals surface area contributed by atoms with Crippen molar-refractivity contribution in [3.05, 3.63) is 69.3 Å². The lowest BCUT2D eigenvalue weighted by atomic mass is 9.79. The lowest BCUT2D eigenvalue weighted by Gasteiger charge is -2.40. The first-order valence-electron chi connectivity index (χ1n) is 13.9. The van der Waals surface area contributed by atoms with Gasteiger partial charge in [0.25, 0.3) is 0 Å². The molecular formula is C31H39F3N2O3S. The van der Waals surface area contributed by atoms with Crippen molar-refractivity contribution in [3.63, 3.8) is 0 Å². The van der Waals surface area contributed by atoms with E-state index < -0.39 is 21.8 Å². The zero-order valence-electron chi connectivity index (χ0n) is 23.9. The Bertz CT molecular complexity index is 1370. The number of hydrogen-bond acceptors (Lipinski definition) is 3. The molecule has 0 saturated carbocycles. The Morgan fingerprint density at radius 1 is 0.825 bits per heavy atom. The van der Waals surface area contributed by atoms with Gasteiger partial charge in [-0.3, -0.25) is 4.79 Å². The average Bonchev–Trinajstić information content (AvgIpc) is 2.93. The highest BCUT2D eigenvalue weighted by Crippen LogP contribution is 2.37. The van der Waals surface area contributed by atoms with Gasteiger partial charge < -0.3 is 4.90 Å². The molecular weight excluding hydrogens is 537 g/mol. The fourth-order valence-corrected chi connectivity index (χ4v) is 8.28. The summed E-state index contributed by atoms with van der Waals surface area (Å²) in [6.07, 6.45) is 1.64. The molecule has 0 unspecified atom stereocenters. The number of nitrogens with zero attached hydrogens (tertiary/aromatic N) is 2. The van der Waals surface area contributed by atoms with Crippen LogP contribution in [-0.2, 0) is 21.0 Å². The number of sulfonamides is 1. The molecule has 9 heteroatoms. The molecule has 2 saturated heterocycles. The van der Waals surface area contributed by atoms with Gasteiger partial charge in [0.1, 0.15) is 0 Å². The molecule has 1 amide bonds. The van der Waals surface area contributed by atoms with Crippen molar-refractivity contribution in [2.45, 2.75) is 71.4 Å². The minimum absolute atomic E-state index is 0.203. The first-order chi connectivity index (χ1) is 18.7. The van der Waals surface area contributed by atoms with Crippen molar-refractivity contribution < 1.29 is 26.4 Å². The fraction of sp³-hybridized carbons (Fsp3) is 0.516. The third-order valence-corrected chi connectivity index (χ3v) is 11.4. The summed E-state index contributed by atoms with van der Waals surface area (Å²) in [6.45, 7) is 12.0. The Balaban J connectivity index is 1.32. The van der Waals surface area contributed by atoms with E-state index in [0.717, 1.165) is 65.6 Å². The minimum Gasteiger partial charge on any atom is -0.339 e. The topological polar surface area (TPSA) is 57.7 Å². The van der Waals surface area contributed by atoms with Crippen LogP contribution in [0.1, 0.15) is 64.6 Å². The summed E-state index contributed by atoms with van der Waals surface area (Å²) in [5, 5.41) is 0. The van der Waals surface area contributed by atoms with Crippen LogP contribution in [0.5, 0.6) is 0 Å². The van der Waals surface area contributed by atoms with Gasteiger partial charge in [-0.25, -0.2) is 8.42 Å². The second-order valence-electron chi connectivity index (χ2n) is 11.3. The predicted molar refractivity (Wildman–Crippen MR) is 151 cm³/mol. The summed E-state index contributed by atoms with van der Waals surface area (Å²) in [5.41, 5.74) is 4.47.